The number of aromatic nitrogens is 2. The van der Waals surface area contributed by atoms with E-state index < -0.39 is 0 Å². The summed E-state index contributed by atoms with van der Waals surface area (Å²) >= 11 is 0. The number of ether oxygens (including phenoxy) is 2. The Bertz CT molecular complexity index is 1050. The lowest BCUT2D eigenvalue weighted by Crippen LogP contribution is -2.50. The fourth-order valence-corrected chi connectivity index (χ4v) is 3.73. The van der Waals surface area contributed by atoms with E-state index in [1.54, 1.807) is 11.0 Å². The first-order valence-electron chi connectivity index (χ1n) is 11.3. The third kappa shape index (κ3) is 5.52. The Morgan fingerprint density at radius 1 is 0.879 bits per heavy atom. The first kappa shape index (κ1) is 22.4. The summed E-state index contributed by atoms with van der Waals surface area (Å²) in [5, 5.41) is 11.7. The molecule has 0 unspecified atom stereocenters. The normalized spacial score (nSPS) is 13.5. The van der Waals surface area contributed by atoms with Crippen LogP contribution in [0.5, 0.6) is 11.5 Å². The van der Waals surface area contributed by atoms with Gasteiger partial charge in [0.1, 0.15) is 0 Å². The van der Waals surface area contributed by atoms with Crippen molar-refractivity contribution in [2.24, 2.45) is 0 Å². The van der Waals surface area contributed by atoms with Crippen LogP contribution in [0.1, 0.15) is 13.8 Å². The van der Waals surface area contributed by atoms with Gasteiger partial charge in [-0.1, -0.05) is 30.3 Å². The van der Waals surface area contributed by atoms with Crippen LogP contribution in [0.25, 0.3) is 11.3 Å². The second-order valence-electron chi connectivity index (χ2n) is 7.57. The highest BCUT2D eigenvalue weighted by Gasteiger charge is 2.22. The average Bonchev–Trinajstić information content (AvgIpc) is 2.86. The van der Waals surface area contributed by atoms with E-state index in [4.69, 9.17) is 9.47 Å². The Labute approximate surface area is 194 Å². The number of amides is 2. The van der Waals surface area contributed by atoms with E-state index in [1.807, 2.05) is 68.4 Å². The summed E-state index contributed by atoms with van der Waals surface area (Å²) in [7, 11) is 0. The minimum absolute atomic E-state index is 0.133. The lowest BCUT2D eigenvalue weighted by molar-refractivity contribution is 0.208. The number of carbonyl (C=O) groups excluding carboxylic acids is 1. The van der Waals surface area contributed by atoms with Gasteiger partial charge >= 0.3 is 6.03 Å². The van der Waals surface area contributed by atoms with E-state index in [0.717, 1.165) is 17.1 Å². The highest BCUT2D eigenvalue weighted by Crippen LogP contribution is 2.31. The predicted molar refractivity (Wildman–Crippen MR) is 129 cm³/mol. The number of hydrogen-bond acceptors (Lipinski definition) is 6. The number of hydrogen-bond donors (Lipinski definition) is 1. The van der Waals surface area contributed by atoms with Gasteiger partial charge in [0.15, 0.2) is 17.3 Å². The lowest BCUT2D eigenvalue weighted by Gasteiger charge is -2.35. The maximum atomic E-state index is 12.8. The van der Waals surface area contributed by atoms with Gasteiger partial charge in [0.2, 0.25) is 0 Å². The smallest absolute Gasteiger partial charge is 0.321 e. The topological polar surface area (TPSA) is 79.8 Å². The molecule has 8 heteroatoms. The molecule has 0 aliphatic carbocycles. The van der Waals surface area contributed by atoms with Crippen LogP contribution in [0.3, 0.4) is 0 Å². The van der Waals surface area contributed by atoms with E-state index in [9.17, 15) is 4.79 Å². The van der Waals surface area contributed by atoms with Gasteiger partial charge in [0.25, 0.3) is 0 Å². The van der Waals surface area contributed by atoms with Crippen molar-refractivity contribution in [2.75, 3.05) is 49.6 Å². The zero-order valence-corrected chi connectivity index (χ0v) is 19.0. The van der Waals surface area contributed by atoms with Gasteiger partial charge < -0.3 is 24.6 Å². The zero-order valence-electron chi connectivity index (χ0n) is 19.0. The quantitative estimate of drug-likeness (QED) is 0.582. The van der Waals surface area contributed by atoms with Gasteiger partial charge in [-0.3, -0.25) is 0 Å². The number of carbonyl (C=O) groups is 1. The highest BCUT2D eigenvalue weighted by atomic mass is 16.5. The number of nitrogens with one attached hydrogen (secondary N) is 1. The molecule has 0 saturated carbocycles. The molecule has 0 bridgehead atoms. The average molecular weight is 448 g/mol. The molecule has 3 aromatic rings. The van der Waals surface area contributed by atoms with Crippen LogP contribution in [0.4, 0.5) is 16.3 Å². The van der Waals surface area contributed by atoms with E-state index in [2.05, 4.69) is 20.4 Å². The standard InChI is InChI=1S/C25H29N5O3/c1-3-32-22-12-10-20(18-23(22)33-4-2)26-25(31)30-16-14-29(15-17-30)24-13-11-21(27-28-24)19-8-6-5-7-9-19/h5-13,18H,3-4,14-17H2,1-2H3,(H,26,31). The lowest BCUT2D eigenvalue weighted by atomic mass is 10.1. The fraction of sp³-hybridized carbons (Fsp3) is 0.320. The zero-order chi connectivity index (χ0) is 23.0. The number of piperazine rings is 1. The molecule has 4 rings (SSSR count). The molecule has 1 fully saturated rings. The van der Waals surface area contributed by atoms with Crippen LogP contribution in [-0.4, -0.2) is 60.5 Å². The van der Waals surface area contributed by atoms with E-state index >= 15 is 0 Å². The monoisotopic (exact) mass is 447 g/mol. The van der Waals surface area contributed by atoms with Gasteiger partial charge in [-0.15, -0.1) is 10.2 Å². The molecule has 1 aliphatic rings. The molecule has 1 aliphatic heterocycles. The van der Waals surface area contributed by atoms with Gasteiger partial charge in [-0.05, 0) is 38.1 Å². The van der Waals surface area contributed by atoms with E-state index in [0.29, 0.717) is 56.6 Å². The number of benzene rings is 2. The van der Waals surface area contributed by atoms with Crippen molar-refractivity contribution in [3.8, 4) is 22.8 Å². The molecule has 0 radical (unpaired) electrons. The summed E-state index contributed by atoms with van der Waals surface area (Å²) in [5.41, 5.74) is 2.57. The molecule has 0 spiro atoms. The van der Waals surface area contributed by atoms with Crippen molar-refractivity contribution < 1.29 is 14.3 Å². The van der Waals surface area contributed by atoms with Gasteiger partial charge in [0.05, 0.1) is 18.9 Å². The molecule has 0 atom stereocenters. The molecule has 1 saturated heterocycles. The first-order chi connectivity index (χ1) is 16.2. The van der Waals surface area contributed by atoms with Crippen molar-refractivity contribution in [1.29, 1.82) is 0 Å². The number of anilines is 2. The van der Waals surface area contributed by atoms with Gasteiger partial charge in [-0.25, -0.2) is 4.79 Å². The SMILES string of the molecule is CCOc1ccc(NC(=O)N2CCN(c3ccc(-c4ccccc4)nn3)CC2)cc1OCC. The summed E-state index contributed by atoms with van der Waals surface area (Å²) in [6.07, 6.45) is 0. The molecule has 1 N–H and O–H groups in total. The van der Waals surface area contributed by atoms with Crippen LogP contribution in [-0.2, 0) is 0 Å². The molecule has 8 nitrogen and oxygen atoms in total. The van der Waals surface area contributed by atoms with Crippen molar-refractivity contribution in [2.45, 2.75) is 13.8 Å². The minimum Gasteiger partial charge on any atom is -0.490 e. The number of rotatable bonds is 7. The summed E-state index contributed by atoms with van der Waals surface area (Å²) in [5.74, 6) is 2.12. The molecule has 2 heterocycles. The largest absolute Gasteiger partial charge is 0.490 e. The second-order valence-corrected chi connectivity index (χ2v) is 7.57. The van der Waals surface area contributed by atoms with Crippen LogP contribution in [0, 0.1) is 0 Å². The van der Waals surface area contributed by atoms with Crippen LogP contribution in [0.15, 0.2) is 60.7 Å². The molecule has 172 valence electrons. The Kier molecular flexibility index (Phi) is 7.24. The maximum Gasteiger partial charge on any atom is 0.321 e. The van der Waals surface area contributed by atoms with E-state index in [-0.39, 0.29) is 6.03 Å². The minimum atomic E-state index is -0.133. The van der Waals surface area contributed by atoms with Gasteiger partial charge in [-0.2, -0.15) is 0 Å². The van der Waals surface area contributed by atoms with Crippen molar-refractivity contribution in [3.05, 3.63) is 60.7 Å². The maximum absolute atomic E-state index is 12.8. The summed E-state index contributed by atoms with van der Waals surface area (Å²) in [6.45, 7) is 7.51. The third-order valence-corrected chi connectivity index (χ3v) is 5.41. The van der Waals surface area contributed by atoms with E-state index in [1.165, 1.54) is 0 Å². The summed E-state index contributed by atoms with van der Waals surface area (Å²) in [6, 6.07) is 19.3. The van der Waals surface area contributed by atoms with Gasteiger partial charge in [0, 0.05) is 43.5 Å². The van der Waals surface area contributed by atoms with Crippen molar-refractivity contribution >= 4 is 17.5 Å². The number of urea groups is 1. The van der Waals surface area contributed by atoms with Crippen molar-refractivity contribution in [3.63, 3.8) is 0 Å². The molecule has 1 aromatic heterocycles. The fourth-order valence-electron chi connectivity index (χ4n) is 3.73. The van der Waals surface area contributed by atoms with Crippen molar-refractivity contribution in [1.82, 2.24) is 15.1 Å². The summed E-state index contributed by atoms with van der Waals surface area (Å²) in [4.78, 5) is 16.7. The number of nitrogens with zero attached hydrogens (tertiary/aromatic N) is 4. The highest BCUT2D eigenvalue weighted by molar-refractivity contribution is 5.90. The summed E-state index contributed by atoms with van der Waals surface area (Å²) < 4.78 is 11.2. The molecule has 2 aromatic carbocycles. The van der Waals surface area contributed by atoms with Crippen LogP contribution >= 0.6 is 0 Å². The Morgan fingerprint density at radius 2 is 1.61 bits per heavy atom. The predicted octanol–water partition coefficient (Wildman–Crippen LogP) is 4.30. The molecule has 2 amide bonds. The second kappa shape index (κ2) is 10.7. The van der Waals surface area contributed by atoms with Crippen LogP contribution < -0.4 is 19.7 Å². The molecular formula is C25H29N5O3. The molecule has 33 heavy (non-hydrogen) atoms. The Balaban J connectivity index is 1.33. The molecular weight excluding hydrogens is 418 g/mol. The first-order valence-corrected chi connectivity index (χ1v) is 11.3. The third-order valence-electron chi connectivity index (χ3n) is 5.41. The Hall–Kier alpha value is -3.81. The van der Waals surface area contributed by atoms with Crippen LogP contribution in [0.2, 0.25) is 0 Å². The Morgan fingerprint density at radius 3 is 2.27 bits per heavy atom.